The quantitative estimate of drug-likeness (QED) is 0.727. The van der Waals surface area contributed by atoms with E-state index >= 15 is 0 Å². The smallest absolute Gasteiger partial charge is 0.182 e. The number of unbranched alkanes of at least 4 members (excludes halogenated alkanes) is 4. The van der Waals surface area contributed by atoms with Crippen molar-refractivity contribution >= 4 is 11.8 Å². The van der Waals surface area contributed by atoms with E-state index in [2.05, 4.69) is 18.2 Å². The molecule has 0 amide bonds. The van der Waals surface area contributed by atoms with Crippen LogP contribution in [0.3, 0.4) is 0 Å². The van der Waals surface area contributed by atoms with E-state index in [0.717, 1.165) is 12.1 Å². The van der Waals surface area contributed by atoms with E-state index < -0.39 is 0 Å². The van der Waals surface area contributed by atoms with Crippen LogP contribution in [0.25, 0.3) is 6.08 Å². The molecule has 0 fully saturated rings. The number of nitrogens with two attached hydrogens (primary N) is 1. The molecule has 0 saturated carbocycles. The van der Waals surface area contributed by atoms with Gasteiger partial charge in [0.25, 0.3) is 0 Å². The Balaban J connectivity index is 2.29. The number of aryl methyl sites for hydroxylation is 1. The molecule has 0 atom stereocenters. The fourth-order valence-electron chi connectivity index (χ4n) is 1.39. The summed E-state index contributed by atoms with van der Waals surface area (Å²) in [5.41, 5.74) is 7.17. The summed E-state index contributed by atoms with van der Waals surface area (Å²) in [6.45, 7) is 4.06. The highest BCUT2D eigenvalue weighted by atomic mass is 16.5. The molecule has 1 heterocycles. The Morgan fingerprint density at radius 2 is 2.13 bits per heavy atom. The largest absolute Gasteiger partial charge is 0.394 e. The topological polar surface area (TPSA) is 52.0 Å². The summed E-state index contributed by atoms with van der Waals surface area (Å²) in [7, 11) is 0. The van der Waals surface area contributed by atoms with Gasteiger partial charge in [0.15, 0.2) is 5.76 Å². The molecule has 0 aliphatic rings. The molecule has 1 aromatic heterocycles. The van der Waals surface area contributed by atoms with E-state index in [1.807, 2.05) is 13.0 Å². The summed E-state index contributed by atoms with van der Waals surface area (Å²) in [4.78, 5) is 0. The van der Waals surface area contributed by atoms with Gasteiger partial charge in [-0.25, -0.2) is 0 Å². The van der Waals surface area contributed by atoms with Gasteiger partial charge in [-0.2, -0.15) is 0 Å². The van der Waals surface area contributed by atoms with Crippen molar-refractivity contribution in [3.63, 3.8) is 0 Å². The van der Waals surface area contributed by atoms with Gasteiger partial charge >= 0.3 is 0 Å². The molecular weight excluding hydrogens is 188 g/mol. The first-order valence-corrected chi connectivity index (χ1v) is 5.64. The normalized spacial score (nSPS) is 11.3. The van der Waals surface area contributed by atoms with Crippen LogP contribution in [0, 0.1) is 6.92 Å². The summed E-state index contributed by atoms with van der Waals surface area (Å²) in [5.74, 6) is 0.683. The lowest BCUT2D eigenvalue weighted by Crippen LogP contribution is -1.86. The van der Waals surface area contributed by atoms with E-state index in [0.29, 0.717) is 11.4 Å². The van der Waals surface area contributed by atoms with Crippen molar-refractivity contribution in [1.29, 1.82) is 0 Å². The van der Waals surface area contributed by atoms with Gasteiger partial charge in [0.1, 0.15) is 11.4 Å². The van der Waals surface area contributed by atoms with E-state index in [9.17, 15) is 0 Å². The predicted octanol–water partition coefficient (Wildman–Crippen LogP) is 3.55. The van der Waals surface area contributed by atoms with Crippen molar-refractivity contribution in [2.24, 2.45) is 0 Å². The van der Waals surface area contributed by atoms with Crippen LogP contribution < -0.4 is 5.73 Å². The Bertz CT molecular complexity index is 315. The molecule has 15 heavy (non-hydrogen) atoms. The van der Waals surface area contributed by atoms with Crippen molar-refractivity contribution in [1.82, 2.24) is 5.16 Å². The minimum Gasteiger partial charge on any atom is -0.394 e. The number of aromatic nitrogens is 1. The first-order chi connectivity index (χ1) is 7.25. The molecule has 0 saturated heterocycles. The summed E-state index contributed by atoms with van der Waals surface area (Å²) in [6, 6.07) is 0. The Kier molecular flexibility index (Phi) is 4.95. The van der Waals surface area contributed by atoms with Crippen LogP contribution in [-0.2, 0) is 0 Å². The maximum atomic E-state index is 5.76. The molecule has 0 radical (unpaired) electrons. The molecule has 1 aromatic rings. The number of nitrogens with zero attached hydrogens (tertiary/aromatic N) is 1. The SMILES string of the molecule is CCCCCC/C=C/c1onc(C)c1N. The number of allylic oxidation sites excluding steroid dienone is 1. The number of hydrogen-bond donors (Lipinski definition) is 1. The van der Waals surface area contributed by atoms with Gasteiger partial charge in [0, 0.05) is 0 Å². The molecule has 0 aliphatic carbocycles. The number of hydrogen-bond acceptors (Lipinski definition) is 3. The highest BCUT2D eigenvalue weighted by molar-refractivity contribution is 5.60. The number of nitrogen functional groups attached to an aromatic ring is 1. The second kappa shape index (κ2) is 6.27. The first-order valence-electron chi connectivity index (χ1n) is 5.64. The monoisotopic (exact) mass is 208 g/mol. The summed E-state index contributed by atoms with van der Waals surface area (Å²) in [6.07, 6.45) is 10.2. The predicted molar refractivity (Wildman–Crippen MR) is 63.4 cm³/mol. The Morgan fingerprint density at radius 3 is 2.73 bits per heavy atom. The molecule has 0 spiro atoms. The van der Waals surface area contributed by atoms with Crippen LogP contribution in [0.1, 0.15) is 50.5 Å². The van der Waals surface area contributed by atoms with Crippen molar-refractivity contribution in [2.45, 2.75) is 46.0 Å². The van der Waals surface area contributed by atoms with E-state index in [4.69, 9.17) is 10.3 Å². The van der Waals surface area contributed by atoms with Gasteiger partial charge in [0.05, 0.1) is 0 Å². The summed E-state index contributed by atoms with van der Waals surface area (Å²) >= 11 is 0. The van der Waals surface area contributed by atoms with Gasteiger partial charge in [-0.3, -0.25) is 0 Å². The Labute approximate surface area is 91.3 Å². The number of anilines is 1. The zero-order valence-corrected chi connectivity index (χ0v) is 9.62. The average Bonchev–Trinajstić information content (AvgIpc) is 2.54. The molecule has 1 rings (SSSR count). The van der Waals surface area contributed by atoms with Crippen LogP contribution in [-0.4, -0.2) is 5.16 Å². The Morgan fingerprint density at radius 1 is 1.33 bits per heavy atom. The van der Waals surface area contributed by atoms with Crippen LogP contribution in [0.5, 0.6) is 0 Å². The van der Waals surface area contributed by atoms with E-state index in [-0.39, 0.29) is 0 Å². The van der Waals surface area contributed by atoms with E-state index in [1.54, 1.807) is 0 Å². The van der Waals surface area contributed by atoms with Gasteiger partial charge in [-0.15, -0.1) is 0 Å². The lowest BCUT2D eigenvalue weighted by molar-refractivity contribution is 0.408. The number of rotatable bonds is 6. The van der Waals surface area contributed by atoms with Crippen molar-refractivity contribution < 1.29 is 4.52 Å². The average molecular weight is 208 g/mol. The molecule has 0 aromatic carbocycles. The van der Waals surface area contributed by atoms with Gasteiger partial charge in [-0.1, -0.05) is 37.4 Å². The lowest BCUT2D eigenvalue weighted by atomic mass is 10.1. The second-order valence-electron chi connectivity index (χ2n) is 3.80. The zero-order chi connectivity index (χ0) is 11.1. The third kappa shape index (κ3) is 3.78. The van der Waals surface area contributed by atoms with Gasteiger partial charge in [0.2, 0.25) is 0 Å². The summed E-state index contributed by atoms with van der Waals surface area (Å²) in [5, 5.41) is 3.79. The third-order valence-electron chi connectivity index (χ3n) is 2.43. The van der Waals surface area contributed by atoms with Crippen molar-refractivity contribution in [2.75, 3.05) is 5.73 Å². The fourth-order valence-corrected chi connectivity index (χ4v) is 1.39. The molecule has 2 N–H and O–H groups in total. The molecular formula is C12H20N2O. The fraction of sp³-hybridized carbons (Fsp3) is 0.583. The molecule has 84 valence electrons. The minimum atomic E-state index is 0.653. The van der Waals surface area contributed by atoms with Crippen molar-refractivity contribution in [3.05, 3.63) is 17.5 Å². The van der Waals surface area contributed by atoms with Crippen LogP contribution in [0.15, 0.2) is 10.6 Å². The molecule has 3 heteroatoms. The second-order valence-corrected chi connectivity index (χ2v) is 3.80. The molecule has 0 bridgehead atoms. The van der Waals surface area contributed by atoms with Gasteiger partial charge in [-0.05, 0) is 25.8 Å². The highest BCUT2D eigenvalue weighted by Crippen LogP contribution is 2.17. The molecule has 0 unspecified atom stereocenters. The van der Waals surface area contributed by atoms with Crippen molar-refractivity contribution in [3.8, 4) is 0 Å². The molecule has 0 aliphatic heterocycles. The first kappa shape index (κ1) is 11.8. The van der Waals surface area contributed by atoms with Crippen LogP contribution in [0.2, 0.25) is 0 Å². The standard InChI is InChI=1S/C12H20N2O/c1-3-4-5-6-7-8-9-11-12(13)10(2)14-15-11/h8-9H,3-7,13H2,1-2H3/b9-8+. The van der Waals surface area contributed by atoms with Crippen LogP contribution >= 0.6 is 0 Å². The molecule has 3 nitrogen and oxygen atoms in total. The Hall–Kier alpha value is -1.25. The zero-order valence-electron chi connectivity index (χ0n) is 9.62. The third-order valence-corrected chi connectivity index (χ3v) is 2.43. The maximum Gasteiger partial charge on any atom is 0.182 e. The maximum absolute atomic E-state index is 5.76. The van der Waals surface area contributed by atoms with E-state index in [1.165, 1.54) is 25.7 Å². The highest BCUT2D eigenvalue weighted by Gasteiger charge is 2.04. The summed E-state index contributed by atoms with van der Waals surface area (Å²) < 4.78 is 5.06. The lowest BCUT2D eigenvalue weighted by Gasteiger charge is -1.93. The van der Waals surface area contributed by atoms with Gasteiger partial charge < -0.3 is 10.3 Å². The van der Waals surface area contributed by atoms with Crippen LogP contribution in [0.4, 0.5) is 5.69 Å². The minimum absolute atomic E-state index is 0.653.